The first-order valence-electron chi connectivity index (χ1n) is 5.11. The highest BCUT2D eigenvalue weighted by molar-refractivity contribution is 5.99. The number of fused-ring (bicyclic) bond motifs is 1. The minimum absolute atomic E-state index is 0.0186. The van der Waals surface area contributed by atoms with Crippen molar-refractivity contribution in [3.63, 3.8) is 0 Å². The van der Waals surface area contributed by atoms with Gasteiger partial charge in [0.2, 0.25) is 0 Å². The molecule has 1 aromatic carbocycles. The summed E-state index contributed by atoms with van der Waals surface area (Å²) in [5.74, 6) is -0.755. The SMILES string of the molecule is CCOC(=O)c1cnc2cc(O)ccc2c1O. The summed E-state index contributed by atoms with van der Waals surface area (Å²) in [5.41, 5.74) is 0.431. The number of phenols is 1. The number of nitrogens with zero attached hydrogens (tertiary/aromatic N) is 1. The first-order chi connectivity index (χ1) is 8.13. The van der Waals surface area contributed by atoms with E-state index in [9.17, 15) is 15.0 Å². The molecule has 0 amide bonds. The summed E-state index contributed by atoms with van der Waals surface area (Å²) in [6.45, 7) is 1.91. The van der Waals surface area contributed by atoms with E-state index >= 15 is 0 Å². The molecule has 17 heavy (non-hydrogen) atoms. The number of esters is 1. The van der Waals surface area contributed by atoms with Gasteiger partial charge in [-0.25, -0.2) is 4.79 Å². The number of ether oxygens (including phenoxy) is 1. The number of pyridine rings is 1. The third kappa shape index (κ3) is 1.99. The quantitative estimate of drug-likeness (QED) is 0.773. The third-order valence-electron chi connectivity index (χ3n) is 2.32. The second-order valence-electron chi connectivity index (χ2n) is 3.44. The van der Waals surface area contributed by atoms with Crippen LogP contribution in [0.25, 0.3) is 10.9 Å². The molecule has 1 aromatic heterocycles. The Balaban J connectivity index is 2.58. The van der Waals surface area contributed by atoms with E-state index in [0.717, 1.165) is 0 Å². The van der Waals surface area contributed by atoms with Crippen molar-refractivity contribution in [2.45, 2.75) is 6.92 Å². The van der Waals surface area contributed by atoms with Crippen LogP contribution in [0.1, 0.15) is 17.3 Å². The predicted octanol–water partition coefficient (Wildman–Crippen LogP) is 1.82. The highest BCUT2D eigenvalue weighted by Crippen LogP contribution is 2.29. The van der Waals surface area contributed by atoms with Crippen LogP contribution in [0.15, 0.2) is 24.4 Å². The number of aromatic hydroxyl groups is 2. The Morgan fingerprint density at radius 1 is 1.41 bits per heavy atom. The van der Waals surface area contributed by atoms with Gasteiger partial charge in [-0.1, -0.05) is 0 Å². The molecule has 0 unspecified atom stereocenters. The summed E-state index contributed by atoms with van der Waals surface area (Å²) in [5, 5.41) is 19.6. The number of phenolic OH excluding ortho intramolecular Hbond substituents is 1. The van der Waals surface area contributed by atoms with Crippen LogP contribution in [-0.4, -0.2) is 27.8 Å². The minimum atomic E-state index is -0.618. The lowest BCUT2D eigenvalue weighted by molar-refractivity contribution is 0.0523. The fraction of sp³-hybridized carbons (Fsp3) is 0.167. The topological polar surface area (TPSA) is 79.7 Å². The molecule has 88 valence electrons. The van der Waals surface area contributed by atoms with Crippen molar-refractivity contribution in [2.75, 3.05) is 6.61 Å². The Hall–Kier alpha value is -2.30. The standard InChI is InChI=1S/C12H11NO4/c1-2-17-12(16)9-6-13-10-5-7(14)3-4-8(10)11(9)15/h3-6,14H,2H2,1H3,(H,13,15). The molecule has 0 radical (unpaired) electrons. The monoisotopic (exact) mass is 233 g/mol. The average molecular weight is 233 g/mol. The lowest BCUT2D eigenvalue weighted by Gasteiger charge is -2.06. The molecule has 2 aromatic rings. The van der Waals surface area contributed by atoms with Crippen molar-refractivity contribution in [1.29, 1.82) is 0 Å². The van der Waals surface area contributed by atoms with Gasteiger partial charge in [0.15, 0.2) is 0 Å². The molecule has 1 heterocycles. The lowest BCUT2D eigenvalue weighted by atomic mass is 10.1. The zero-order valence-electron chi connectivity index (χ0n) is 9.17. The van der Waals surface area contributed by atoms with Gasteiger partial charge in [0, 0.05) is 17.6 Å². The largest absolute Gasteiger partial charge is 0.508 e. The van der Waals surface area contributed by atoms with Crippen LogP contribution in [0.3, 0.4) is 0 Å². The molecule has 0 aliphatic rings. The second kappa shape index (κ2) is 4.29. The maximum Gasteiger partial charge on any atom is 0.343 e. The first kappa shape index (κ1) is 11.2. The van der Waals surface area contributed by atoms with E-state index in [4.69, 9.17) is 4.74 Å². The fourth-order valence-electron chi connectivity index (χ4n) is 1.53. The van der Waals surface area contributed by atoms with Crippen LogP contribution in [0, 0.1) is 0 Å². The molecule has 2 rings (SSSR count). The van der Waals surface area contributed by atoms with Crippen LogP contribution >= 0.6 is 0 Å². The molecule has 0 aliphatic heterocycles. The van der Waals surface area contributed by atoms with Crippen molar-refractivity contribution in [3.05, 3.63) is 30.0 Å². The van der Waals surface area contributed by atoms with Crippen LogP contribution in [0.5, 0.6) is 11.5 Å². The third-order valence-corrected chi connectivity index (χ3v) is 2.32. The van der Waals surface area contributed by atoms with Gasteiger partial charge in [0.25, 0.3) is 0 Å². The van der Waals surface area contributed by atoms with E-state index in [2.05, 4.69) is 4.98 Å². The Morgan fingerprint density at radius 2 is 2.18 bits per heavy atom. The first-order valence-corrected chi connectivity index (χ1v) is 5.11. The van der Waals surface area contributed by atoms with Crippen molar-refractivity contribution >= 4 is 16.9 Å². The van der Waals surface area contributed by atoms with Crippen molar-refractivity contribution < 1.29 is 19.7 Å². The molecule has 5 nitrogen and oxygen atoms in total. The maximum atomic E-state index is 11.5. The summed E-state index contributed by atoms with van der Waals surface area (Å²) in [6, 6.07) is 4.32. The van der Waals surface area contributed by atoms with Crippen LogP contribution in [0.2, 0.25) is 0 Å². The number of hydrogen-bond acceptors (Lipinski definition) is 5. The smallest absolute Gasteiger partial charge is 0.343 e. The highest BCUT2D eigenvalue weighted by atomic mass is 16.5. The summed E-state index contributed by atoms with van der Waals surface area (Å²) < 4.78 is 4.79. The van der Waals surface area contributed by atoms with Gasteiger partial charge < -0.3 is 14.9 Å². The van der Waals surface area contributed by atoms with Gasteiger partial charge in [0.1, 0.15) is 17.1 Å². The minimum Gasteiger partial charge on any atom is -0.508 e. The molecule has 0 saturated heterocycles. The van der Waals surface area contributed by atoms with Gasteiger partial charge in [-0.2, -0.15) is 0 Å². The highest BCUT2D eigenvalue weighted by Gasteiger charge is 2.15. The van der Waals surface area contributed by atoms with Gasteiger partial charge >= 0.3 is 5.97 Å². The predicted molar refractivity (Wildman–Crippen MR) is 61.0 cm³/mol. The number of benzene rings is 1. The number of carbonyl (C=O) groups excluding carboxylic acids is 1. The Morgan fingerprint density at radius 3 is 2.88 bits per heavy atom. The summed E-state index contributed by atoms with van der Waals surface area (Å²) in [4.78, 5) is 15.5. The Labute approximate surface area is 97.3 Å². The summed E-state index contributed by atoms with van der Waals surface area (Å²) >= 11 is 0. The van der Waals surface area contributed by atoms with E-state index in [1.807, 2.05) is 0 Å². The van der Waals surface area contributed by atoms with Crippen molar-refractivity contribution in [3.8, 4) is 11.5 Å². The summed E-state index contributed by atoms with van der Waals surface area (Å²) in [7, 11) is 0. The van der Waals surface area contributed by atoms with Gasteiger partial charge in [0.05, 0.1) is 12.1 Å². The number of rotatable bonds is 2. The summed E-state index contributed by atoms with van der Waals surface area (Å²) in [6.07, 6.45) is 1.23. The van der Waals surface area contributed by atoms with Gasteiger partial charge in [-0.05, 0) is 19.1 Å². The van der Waals surface area contributed by atoms with Gasteiger partial charge in [-0.15, -0.1) is 0 Å². The van der Waals surface area contributed by atoms with E-state index < -0.39 is 5.97 Å². The molecule has 0 fully saturated rings. The number of carbonyl (C=O) groups is 1. The second-order valence-corrected chi connectivity index (χ2v) is 3.44. The molecule has 0 spiro atoms. The molecule has 5 heteroatoms. The van der Waals surface area contributed by atoms with Crippen LogP contribution in [-0.2, 0) is 4.74 Å². The van der Waals surface area contributed by atoms with E-state index in [1.165, 1.54) is 24.4 Å². The maximum absolute atomic E-state index is 11.5. The Kier molecular flexibility index (Phi) is 2.82. The molecular formula is C12H11NO4. The molecule has 2 N–H and O–H groups in total. The number of aromatic nitrogens is 1. The van der Waals surface area contributed by atoms with E-state index in [0.29, 0.717) is 10.9 Å². The van der Waals surface area contributed by atoms with Crippen molar-refractivity contribution in [2.24, 2.45) is 0 Å². The zero-order chi connectivity index (χ0) is 12.4. The fourth-order valence-corrected chi connectivity index (χ4v) is 1.53. The van der Waals surface area contributed by atoms with Crippen LogP contribution < -0.4 is 0 Å². The number of hydrogen-bond donors (Lipinski definition) is 2. The molecule has 0 bridgehead atoms. The molecular weight excluding hydrogens is 222 g/mol. The van der Waals surface area contributed by atoms with E-state index in [-0.39, 0.29) is 23.7 Å². The lowest BCUT2D eigenvalue weighted by Crippen LogP contribution is -2.05. The molecule has 0 atom stereocenters. The van der Waals surface area contributed by atoms with Gasteiger partial charge in [-0.3, -0.25) is 4.98 Å². The normalized spacial score (nSPS) is 10.4. The zero-order valence-corrected chi connectivity index (χ0v) is 9.17. The van der Waals surface area contributed by atoms with Crippen molar-refractivity contribution in [1.82, 2.24) is 4.98 Å². The molecule has 0 saturated carbocycles. The van der Waals surface area contributed by atoms with Crippen LogP contribution in [0.4, 0.5) is 0 Å². The Bertz CT molecular complexity index is 580. The average Bonchev–Trinajstić information content (AvgIpc) is 2.29. The van der Waals surface area contributed by atoms with E-state index in [1.54, 1.807) is 6.92 Å². The molecule has 0 aliphatic carbocycles.